The fourth-order valence-corrected chi connectivity index (χ4v) is 1.61. The van der Waals surface area contributed by atoms with Crippen LogP contribution >= 0.6 is 11.8 Å². The van der Waals surface area contributed by atoms with Gasteiger partial charge in [0.2, 0.25) is 0 Å². The Morgan fingerprint density at radius 1 is 1.35 bits per heavy atom. The minimum absolute atomic E-state index is 0.0535. The van der Waals surface area contributed by atoms with Crippen LogP contribution in [0.3, 0.4) is 0 Å². The Balaban J connectivity index is 2.67. The summed E-state index contributed by atoms with van der Waals surface area (Å²) in [5.41, 5.74) is -3.99. The summed E-state index contributed by atoms with van der Waals surface area (Å²) < 4.78 is 36.1. The molecule has 0 atom stereocenters. The van der Waals surface area contributed by atoms with Gasteiger partial charge in [0, 0.05) is 17.0 Å². The van der Waals surface area contributed by atoms with Gasteiger partial charge in [-0.05, 0) is 36.0 Å². The van der Waals surface area contributed by atoms with E-state index in [0.717, 1.165) is 0 Å². The lowest BCUT2D eigenvalue weighted by Crippen LogP contribution is -2.22. The number of thioether (sulfide) groups is 1. The highest BCUT2D eigenvalue weighted by atomic mass is 32.2. The molecule has 1 aromatic carbocycles. The molecule has 6 heteroatoms. The van der Waals surface area contributed by atoms with Crippen LogP contribution in [0, 0.1) is 0 Å². The van der Waals surface area contributed by atoms with E-state index in [1.165, 1.54) is 30.3 Å². The second-order valence-electron chi connectivity index (χ2n) is 3.07. The van der Waals surface area contributed by atoms with E-state index in [1.54, 1.807) is 0 Å². The van der Waals surface area contributed by atoms with Crippen molar-refractivity contribution in [1.29, 1.82) is 0 Å². The summed E-state index contributed by atoms with van der Waals surface area (Å²) in [4.78, 5) is 11.5. The molecule has 0 spiro atoms. The average Bonchev–Trinajstić information content (AvgIpc) is 2.24. The van der Waals surface area contributed by atoms with Crippen LogP contribution in [0.15, 0.2) is 41.8 Å². The van der Waals surface area contributed by atoms with E-state index in [-0.39, 0.29) is 22.6 Å². The lowest BCUT2D eigenvalue weighted by Gasteiger charge is -2.06. The van der Waals surface area contributed by atoms with Crippen molar-refractivity contribution in [2.24, 2.45) is 0 Å². The first-order valence-corrected chi connectivity index (χ1v) is 5.49. The maximum absolute atomic E-state index is 12.0. The molecule has 1 rings (SSSR count). The van der Waals surface area contributed by atoms with Gasteiger partial charge in [-0.15, -0.1) is 6.58 Å². The van der Waals surface area contributed by atoms with Gasteiger partial charge in [-0.3, -0.25) is 4.79 Å². The number of amides is 1. The molecule has 0 saturated heterocycles. The average molecular weight is 261 g/mol. The summed E-state index contributed by atoms with van der Waals surface area (Å²) in [6.07, 6.45) is 1.52. The van der Waals surface area contributed by atoms with Crippen LogP contribution < -0.4 is 5.32 Å². The van der Waals surface area contributed by atoms with Gasteiger partial charge in [-0.1, -0.05) is 6.08 Å². The second kappa shape index (κ2) is 5.77. The molecular weight excluding hydrogens is 251 g/mol. The van der Waals surface area contributed by atoms with Crippen LogP contribution in [0.5, 0.6) is 0 Å². The van der Waals surface area contributed by atoms with Crippen molar-refractivity contribution >= 4 is 17.7 Å². The number of alkyl halides is 3. The molecule has 0 fully saturated rings. The zero-order valence-electron chi connectivity index (χ0n) is 8.75. The normalized spacial score (nSPS) is 11.0. The van der Waals surface area contributed by atoms with Crippen LogP contribution in [0.4, 0.5) is 13.2 Å². The topological polar surface area (TPSA) is 29.1 Å². The van der Waals surface area contributed by atoms with E-state index in [1.807, 2.05) is 0 Å². The van der Waals surface area contributed by atoms with Crippen LogP contribution in [0.1, 0.15) is 10.4 Å². The molecule has 0 unspecified atom stereocenters. The summed E-state index contributed by atoms with van der Waals surface area (Å²) in [6.45, 7) is 3.76. The minimum atomic E-state index is -4.31. The Labute approximate surface area is 101 Å². The number of hydrogen-bond donors (Lipinski definition) is 1. The molecule has 2 nitrogen and oxygen atoms in total. The van der Waals surface area contributed by atoms with E-state index in [4.69, 9.17) is 0 Å². The molecular formula is C11H10F3NOS. The highest BCUT2D eigenvalue weighted by Gasteiger charge is 2.29. The number of carbonyl (C=O) groups is 1. The van der Waals surface area contributed by atoms with Gasteiger partial charge in [-0.25, -0.2) is 0 Å². The van der Waals surface area contributed by atoms with Gasteiger partial charge in [-0.2, -0.15) is 13.2 Å². The minimum Gasteiger partial charge on any atom is -0.349 e. The highest BCUT2D eigenvalue weighted by molar-refractivity contribution is 8.00. The highest BCUT2D eigenvalue weighted by Crippen LogP contribution is 2.36. The van der Waals surface area contributed by atoms with Gasteiger partial charge in [0.05, 0.1) is 0 Å². The summed E-state index contributed by atoms with van der Waals surface area (Å²) in [5.74, 6) is -0.339. The first-order valence-electron chi connectivity index (χ1n) is 4.67. The second-order valence-corrected chi connectivity index (χ2v) is 4.21. The zero-order chi connectivity index (χ0) is 12.9. The fraction of sp³-hybridized carbons (Fsp3) is 0.182. The maximum atomic E-state index is 12.0. The molecule has 17 heavy (non-hydrogen) atoms. The Morgan fingerprint density at radius 3 is 2.41 bits per heavy atom. The van der Waals surface area contributed by atoms with Crippen LogP contribution in [0.2, 0.25) is 0 Å². The molecule has 0 aliphatic heterocycles. The molecule has 1 amide bonds. The zero-order valence-corrected chi connectivity index (χ0v) is 9.57. The van der Waals surface area contributed by atoms with Gasteiger partial charge in [0.1, 0.15) is 0 Å². The number of nitrogens with one attached hydrogen (secondary N) is 1. The van der Waals surface area contributed by atoms with Gasteiger partial charge in [0.25, 0.3) is 5.91 Å². The lowest BCUT2D eigenvalue weighted by molar-refractivity contribution is -0.0328. The lowest BCUT2D eigenvalue weighted by atomic mass is 10.2. The Hall–Kier alpha value is -1.43. The summed E-state index contributed by atoms with van der Waals surface area (Å²) in [5, 5.41) is 2.53. The van der Waals surface area contributed by atoms with Gasteiger partial charge >= 0.3 is 5.51 Å². The molecule has 0 aliphatic rings. The quantitative estimate of drug-likeness (QED) is 0.666. The van der Waals surface area contributed by atoms with E-state index in [2.05, 4.69) is 11.9 Å². The van der Waals surface area contributed by atoms with E-state index < -0.39 is 5.51 Å². The molecule has 0 saturated carbocycles. The standard InChI is InChI=1S/C11H10F3NOS/c1-2-7-15-10(16)8-3-5-9(6-4-8)17-11(12,13)14/h2-6H,1,7H2,(H,15,16). The first-order chi connectivity index (χ1) is 7.92. The first kappa shape index (κ1) is 13.6. The number of carbonyl (C=O) groups excluding carboxylic acids is 1. The molecule has 0 aliphatic carbocycles. The monoisotopic (exact) mass is 261 g/mol. The molecule has 1 aromatic rings. The summed E-state index contributed by atoms with van der Waals surface area (Å²) >= 11 is -0.209. The van der Waals surface area contributed by atoms with E-state index in [9.17, 15) is 18.0 Å². The van der Waals surface area contributed by atoms with Crippen LogP contribution in [-0.4, -0.2) is 18.0 Å². The smallest absolute Gasteiger partial charge is 0.349 e. The van der Waals surface area contributed by atoms with Crippen LogP contribution in [-0.2, 0) is 0 Å². The van der Waals surface area contributed by atoms with E-state index in [0.29, 0.717) is 12.1 Å². The number of hydrogen-bond acceptors (Lipinski definition) is 2. The van der Waals surface area contributed by atoms with Crippen molar-refractivity contribution < 1.29 is 18.0 Å². The van der Waals surface area contributed by atoms with Gasteiger partial charge in [0.15, 0.2) is 0 Å². The van der Waals surface area contributed by atoms with E-state index >= 15 is 0 Å². The summed E-state index contributed by atoms with van der Waals surface area (Å²) in [7, 11) is 0. The van der Waals surface area contributed by atoms with Crippen molar-refractivity contribution in [3.05, 3.63) is 42.5 Å². The van der Waals surface area contributed by atoms with Crippen molar-refractivity contribution in [3.63, 3.8) is 0 Å². The van der Waals surface area contributed by atoms with Crippen molar-refractivity contribution in [2.45, 2.75) is 10.4 Å². The van der Waals surface area contributed by atoms with Crippen molar-refractivity contribution in [1.82, 2.24) is 5.32 Å². The number of rotatable bonds is 4. The predicted molar refractivity (Wildman–Crippen MR) is 60.9 cm³/mol. The third kappa shape index (κ3) is 4.95. The van der Waals surface area contributed by atoms with Crippen LogP contribution in [0.25, 0.3) is 0 Å². The van der Waals surface area contributed by atoms with Crippen molar-refractivity contribution in [2.75, 3.05) is 6.54 Å². The molecule has 0 aromatic heterocycles. The summed E-state index contributed by atoms with van der Waals surface area (Å²) in [6, 6.07) is 5.24. The Bertz CT molecular complexity index is 400. The largest absolute Gasteiger partial charge is 0.446 e. The Kier molecular flexibility index (Phi) is 4.62. The number of halogens is 3. The molecule has 0 bridgehead atoms. The fourth-order valence-electron chi connectivity index (χ4n) is 1.07. The number of benzene rings is 1. The molecule has 1 N–H and O–H groups in total. The molecule has 92 valence electrons. The van der Waals surface area contributed by atoms with Crippen molar-refractivity contribution in [3.8, 4) is 0 Å². The Morgan fingerprint density at radius 2 is 1.94 bits per heavy atom. The van der Waals surface area contributed by atoms with Gasteiger partial charge < -0.3 is 5.32 Å². The molecule has 0 heterocycles. The SMILES string of the molecule is C=CCNC(=O)c1ccc(SC(F)(F)F)cc1. The third-order valence-electron chi connectivity index (χ3n) is 1.76. The predicted octanol–water partition coefficient (Wildman–Crippen LogP) is 3.21. The maximum Gasteiger partial charge on any atom is 0.446 e. The molecule has 0 radical (unpaired) electrons. The third-order valence-corrected chi connectivity index (χ3v) is 2.50.